The van der Waals surface area contributed by atoms with Crippen LogP contribution in [0.4, 0.5) is 24.7 Å². The third-order valence-corrected chi connectivity index (χ3v) is 4.29. The number of hydrogen-bond acceptors (Lipinski definition) is 5. The molecule has 0 saturated heterocycles. The summed E-state index contributed by atoms with van der Waals surface area (Å²) in [5.41, 5.74) is 0.428. The zero-order valence-corrected chi connectivity index (χ0v) is 13.8. The maximum absolute atomic E-state index is 13.6. The van der Waals surface area contributed by atoms with Crippen LogP contribution in [0.1, 0.15) is 34.6 Å². The van der Waals surface area contributed by atoms with E-state index in [-0.39, 0.29) is 17.8 Å². The van der Waals surface area contributed by atoms with E-state index in [0.29, 0.717) is 11.4 Å². The van der Waals surface area contributed by atoms with E-state index in [2.05, 4.69) is 20.7 Å². The van der Waals surface area contributed by atoms with Crippen molar-refractivity contribution < 1.29 is 22.4 Å². The van der Waals surface area contributed by atoms with Crippen LogP contribution in [0.3, 0.4) is 0 Å². The molecule has 0 aliphatic carbocycles. The standard InChI is InChI=1S/C17H14F3N5O2/c18-17(19,20)14-7-12(13-4-2-6-27-13)24-15-11(9-22-25(14)15)16(26)23-10-3-1-5-21-8-10/h1-6,8-9,12,14,24H,7H2,(H,23,26)/t12-,14+/m1/s1. The molecule has 140 valence electrons. The van der Waals surface area contributed by atoms with Crippen molar-refractivity contribution in [3.63, 3.8) is 0 Å². The van der Waals surface area contributed by atoms with Crippen molar-refractivity contribution >= 4 is 17.4 Å². The first-order valence-electron chi connectivity index (χ1n) is 8.09. The highest BCUT2D eigenvalue weighted by molar-refractivity contribution is 6.07. The Kier molecular flexibility index (Phi) is 4.09. The smallest absolute Gasteiger partial charge is 0.410 e. The number of nitrogens with one attached hydrogen (secondary N) is 2. The Hall–Kier alpha value is -3.30. The third kappa shape index (κ3) is 3.25. The van der Waals surface area contributed by atoms with Crippen molar-refractivity contribution in [3.8, 4) is 0 Å². The Balaban J connectivity index is 1.69. The highest BCUT2D eigenvalue weighted by Gasteiger charge is 2.47. The number of hydrogen-bond donors (Lipinski definition) is 2. The maximum atomic E-state index is 13.6. The monoisotopic (exact) mass is 377 g/mol. The van der Waals surface area contributed by atoms with Crippen LogP contribution in [0, 0.1) is 0 Å². The Morgan fingerprint density at radius 1 is 1.30 bits per heavy atom. The fraction of sp³-hybridized carbons (Fsp3) is 0.235. The van der Waals surface area contributed by atoms with Gasteiger partial charge in [-0.1, -0.05) is 0 Å². The number of anilines is 2. The number of carbonyl (C=O) groups is 1. The van der Waals surface area contributed by atoms with E-state index in [1.807, 2.05) is 0 Å². The Morgan fingerprint density at radius 3 is 2.81 bits per heavy atom. The molecule has 2 atom stereocenters. The minimum Gasteiger partial charge on any atom is -0.467 e. The minimum absolute atomic E-state index is 0.00404. The number of aromatic nitrogens is 3. The molecule has 1 aliphatic rings. The van der Waals surface area contributed by atoms with Crippen molar-refractivity contribution in [1.82, 2.24) is 14.8 Å². The minimum atomic E-state index is -4.52. The quantitative estimate of drug-likeness (QED) is 0.726. The summed E-state index contributed by atoms with van der Waals surface area (Å²) >= 11 is 0. The fourth-order valence-corrected chi connectivity index (χ4v) is 3.04. The average molecular weight is 377 g/mol. The SMILES string of the molecule is O=C(Nc1cccnc1)c1cnn2c1N[C@@H](c1ccco1)C[C@H]2C(F)(F)F. The second-order valence-electron chi connectivity index (χ2n) is 6.05. The van der Waals surface area contributed by atoms with Gasteiger partial charge in [0.05, 0.1) is 30.4 Å². The number of carbonyl (C=O) groups excluding carboxylic acids is 1. The lowest BCUT2D eigenvalue weighted by atomic mass is 10.0. The van der Waals surface area contributed by atoms with E-state index in [1.165, 1.54) is 12.5 Å². The average Bonchev–Trinajstić information content (AvgIpc) is 3.30. The van der Waals surface area contributed by atoms with Crippen LogP contribution in [-0.2, 0) is 0 Å². The number of amides is 1. The highest BCUT2D eigenvalue weighted by atomic mass is 19.4. The molecule has 4 rings (SSSR count). The van der Waals surface area contributed by atoms with E-state index in [9.17, 15) is 18.0 Å². The van der Waals surface area contributed by atoms with E-state index >= 15 is 0 Å². The van der Waals surface area contributed by atoms with Gasteiger partial charge in [-0.25, -0.2) is 4.68 Å². The van der Waals surface area contributed by atoms with Crippen molar-refractivity contribution in [2.45, 2.75) is 24.7 Å². The zero-order valence-electron chi connectivity index (χ0n) is 13.8. The van der Waals surface area contributed by atoms with Gasteiger partial charge in [-0.05, 0) is 24.3 Å². The van der Waals surface area contributed by atoms with Gasteiger partial charge in [-0.2, -0.15) is 18.3 Å². The molecule has 0 fully saturated rings. The predicted octanol–water partition coefficient (Wildman–Crippen LogP) is 3.78. The van der Waals surface area contributed by atoms with E-state index in [4.69, 9.17) is 4.42 Å². The van der Waals surface area contributed by atoms with Gasteiger partial charge in [0.15, 0.2) is 6.04 Å². The van der Waals surface area contributed by atoms with E-state index < -0.39 is 24.2 Å². The van der Waals surface area contributed by atoms with Crippen molar-refractivity contribution in [2.24, 2.45) is 0 Å². The Bertz CT molecular complexity index is 937. The summed E-state index contributed by atoms with van der Waals surface area (Å²) in [4.78, 5) is 16.4. The topological polar surface area (TPSA) is 85.0 Å². The molecule has 0 aromatic carbocycles. The number of nitrogens with zero attached hydrogens (tertiary/aromatic N) is 3. The summed E-state index contributed by atoms with van der Waals surface area (Å²) in [5.74, 6) is -0.237. The molecule has 1 aliphatic heterocycles. The Labute approximate surface area is 151 Å². The fourth-order valence-electron chi connectivity index (χ4n) is 3.04. The van der Waals surface area contributed by atoms with Crippen LogP contribution in [0.5, 0.6) is 0 Å². The molecule has 3 aromatic heterocycles. The number of halogens is 3. The first kappa shape index (κ1) is 17.1. The molecule has 0 unspecified atom stereocenters. The second-order valence-corrected chi connectivity index (χ2v) is 6.05. The molecule has 0 saturated carbocycles. The van der Waals surface area contributed by atoms with Crippen LogP contribution < -0.4 is 10.6 Å². The van der Waals surface area contributed by atoms with Crippen molar-refractivity contribution in [3.05, 3.63) is 60.4 Å². The number of furan rings is 1. The molecule has 27 heavy (non-hydrogen) atoms. The first-order chi connectivity index (χ1) is 12.9. The molecule has 2 N–H and O–H groups in total. The van der Waals surface area contributed by atoms with Crippen LogP contribution in [0.15, 0.2) is 53.5 Å². The molecule has 0 bridgehead atoms. The maximum Gasteiger partial charge on any atom is 0.410 e. The summed E-state index contributed by atoms with van der Waals surface area (Å²) < 4.78 is 46.7. The predicted molar refractivity (Wildman–Crippen MR) is 89.2 cm³/mol. The van der Waals surface area contributed by atoms with Crippen LogP contribution >= 0.6 is 0 Å². The van der Waals surface area contributed by atoms with Crippen molar-refractivity contribution in [1.29, 1.82) is 0 Å². The number of fused-ring (bicyclic) bond motifs is 1. The molecule has 4 heterocycles. The normalized spacial score (nSPS) is 19.2. The Morgan fingerprint density at radius 2 is 2.15 bits per heavy atom. The van der Waals surface area contributed by atoms with Crippen LogP contribution in [0.2, 0.25) is 0 Å². The number of alkyl halides is 3. The summed E-state index contributed by atoms with van der Waals surface area (Å²) in [6, 6.07) is 3.84. The molecule has 10 heteroatoms. The largest absolute Gasteiger partial charge is 0.467 e. The van der Waals surface area contributed by atoms with E-state index in [0.717, 1.165) is 10.9 Å². The van der Waals surface area contributed by atoms with Crippen LogP contribution in [0.25, 0.3) is 0 Å². The van der Waals surface area contributed by atoms with Gasteiger partial charge in [0.2, 0.25) is 0 Å². The summed E-state index contributed by atoms with van der Waals surface area (Å²) in [5, 5.41) is 9.36. The summed E-state index contributed by atoms with van der Waals surface area (Å²) in [6.45, 7) is 0. The van der Waals surface area contributed by atoms with Crippen molar-refractivity contribution in [2.75, 3.05) is 10.6 Å². The van der Waals surface area contributed by atoms with Gasteiger partial charge in [-0.3, -0.25) is 9.78 Å². The zero-order chi connectivity index (χ0) is 19.0. The molecule has 7 nitrogen and oxygen atoms in total. The first-order valence-corrected chi connectivity index (χ1v) is 8.09. The number of pyridine rings is 1. The van der Waals surface area contributed by atoms with Gasteiger partial charge in [0.1, 0.15) is 17.1 Å². The van der Waals surface area contributed by atoms with Gasteiger partial charge in [0.25, 0.3) is 5.91 Å². The molecular weight excluding hydrogens is 363 g/mol. The van der Waals surface area contributed by atoms with E-state index in [1.54, 1.807) is 30.5 Å². The van der Waals surface area contributed by atoms with Gasteiger partial charge < -0.3 is 15.1 Å². The second kappa shape index (κ2) is 6.45. The number of rotatable bonds is 3. The van der Waals surface area contributed by atoms with Crippen LogP contribution in [-0.4, -0.2) is 26.8 Å². The molecule has 3 aromatic rings. The van der Waals surface area contributed by atoms with Gasteiger partial charge in [-0.15, -0.1) is 0 Å². The van der Waals surface area contributed by atoms with Gasteiger partial charge >= 0.3 is 6.18 Å². The lowest BCUT2D eigenvalue weighted by molar-refractivity contribution is -0.174. The summed E-state index contributed by atoms with van der Waals surface area (Å²) in [7, 11) is 0. The lowest BCUT2D eigenvalue weighted by Gasteiger charge is -2.32. The molecule has 1 amide bonds. The highest BCUT2D eigenvalue weighted by Crippen LogP contribution is 2.44. The third-order valence-electron chi connectivity index (χ3n) is 4.29. The summed E-state index contributed by atoms with van der Waals surface area (Å²) in [6.07, 6.45) is 0.672. The molecule has 0 spiro atoms. The molecule has 0 radical (unpaired) electrons. The van der Waals surface area contributed by atoms with Gasteiger partial charge in [0, 0.05) is 12.6 Å². The molecular formula is C17H14F3N5O2. The lowest BCUT2D eigenvalue weighted by Crippen LogP contribution is -2.36.